The summed E-state index contributed by atoms with van der Waals surface area (Å²) in [6.45, 7) is 6.71. The van der Waals surface area contributed by atoms with Gasteiger partial charge in [0.15, 0.2) is 0 Å². The fourth-order valence-electron chi connectivity index (χ4n) is 2.65. The second kappa shape index (κ2) is 9.76. The van der Waals surface area contributed by atoms with E-state index in [4.69, 9.17) is 4.74 Å². The molecule has 1 rings (SSSR count). The highest BCUT2D eigenvalue weighted by Crippen LogP contribution is 2.11. The van der Waals surface area contributed by atoms with E-state index in [9.17, 15) is 0 Å². The van der Waals surface area contributed by atoms with Gasteiger partial charge in [-0.25, -0.2) is 0 Å². The zero-order valence-corrected chi connectivity index (χ0v) is 12.5. The molecule has 3 heteroatoms. The van der Waals surface area contributed by atoms with Crippen molar-refractivity contribution in [1.82, 2.24) is 10.6 Å². The molecule has 3 atom stereocenters. The average Bonchev–Trinajstić information content (AvgIpc) is 2.49. The number of hydrogen-bond donors (Lipinski definition) is 2. The maximum atomic E-state index is 5.32. The zero-order chi connectivity index (χ0) is 13.2. The lowest BCUT2D eigenvalue weighted by Gasteiger charge is -2.23. The van der Waals surface area contributed by atoms with Gasteiger partial charge in [0, 0.05) is 7.11 Å². The number of hydrogen-bond acceptors (Lipinski definition) is 3. The summed E-state index contributed by atoms with van der Waals surface area (Å²) in [6, 6.07) is 0. The van der Waals surface area contributed by atoms with Gasteiger partial charge in [-0.2, -0.15) is 0 Å². The van der Waals surface area contributed by atoms with Crippen LogP contribution in [0.2, 0.25) is 0 Å². The smallest absolute Gasteiger partial charge is 0.0571 e. The summed E-state index contributed by atoms with van der Waals surface area (Å²) in [5, 5.41) is 7.32. The van der Waals surface area contributed by atoms with E-state index in [1.807, 2.05) is 0 Å². The highest BCUT2D eigenvalue weighted by molar-refractivity contribution is 4.70. The van der Waals surface area contributed by atoms with E-state index in [0.717, 1.165) is 13.0 Å². The Morgan fingerprint density at radius 3 is 2.67 bits per heavy atom. The standard InChI is InChI=1S/C15H32N2O/c1-13(11-14(2)18-3)12-17-15-9-7-5-4-6-8-10-16-15/h13-17H,4-12H2,1-3H3. The van der Waals surface area contributed by atoms with E-state index in [0.29, 0.717) is 18.2 Å². The van der Waals surface area contributed by atoms with Crippen LogP contribution in [0.4, 0.5) is 0 Å². The summed E-state index contributed by atoms with van der Waals surface area (Å²) in [4.78, 5) is 0. The normalized spacial score (nSPS) is 25.8. The Balaban J connectivity index is 2.18. The van der Waals surface area contributed by atoms with Crippen LogP contribution in [-0.4, -0.2) is 32.5 Å². The van der Waals surface area contributed by atoms with Gasteiger partial charge in [-0.1, -0.05) is 32.6 Å². The van der Waals surface area contributed by atoms with E-state index in [1.54, 1.807) is 7.11 Å². The molecule has 108 valence electrons. The van der Waals surface area contributed by atoms with Crippen molar-refractivity contribution in [2.45, 2.75) is 71.1 Å². The quantitative estimate of drug-likeness (QED) is 0.766. The third-order valence-electron chi connectivity index (χ3n) is 3.91. The second-order valence-corrected chi connectivity index (χ2v) is 5.86. The molecule has 3 unspecified atom stereocenters. The van der Waals surface area contributed by atoms with Gasteiger partial charge in [0.25, 0.3) is 0 Å². The van der Waals surface area contributed by atoms with Crippen LogP contribution in [0.3, 0.4) is 0 Å². The number of ether oxygens (including phenoxy) is 1. The van der Waals surface area contributed by atoms with Gasteiger partial charge in [-0.3, -0.25) is 0 Å². The molecule has 18 heavy (non-hydrogen) atoms. The molecule has 0 bridgehead atoms. The first kappa shape index (κ1) is 15.9. The van der Waals surface area contributed by atoms with Crippen molar-refractivity contribution >= 4 is 0 Å². The average molecular weight is 256 g/mol. The molecule has 1 fully saturated rings. The second-order valence-electron chi connectivity index (χ2n) is 5.86. The SMILES string of the molecule is COC(C)CC(C)CNC1CCCCCCCN1. The third-order valence-corrected chi connectivity index (χ3v) is 3.91. The van der Waals surface area contributed by atoms with E-state index in [1.165, 1.54) is 45.1 Å². The molecular formula is C15H32N2O. The molecule has 1 aliphatic rings. The third kappa shape index (κ3) is 7.34. The molecule has 2 N–H and O–H groups in total. The predicted molar refractivity (Wildman–Crippen MR) is 77.7 cm³/mol. The molecule has 1 heterocycles. The highest BCUT2D eigenvalue weighted by Gasteiger charge is 2.12. The molecule has 3 nitrogen and oxygen atoms in total. The van der Waals surface area contributed by atoms with Crippen LogP contribution < -0.4 is 10.6 Å². The van der Waals surface area contributed by atoms with Gasteiger partial charge in [0.05, 0.1) is 12.3 Å². The Morgan fingerprint density at radius 2 is 1.89 bits per heavy atom. The molecule has 0 spiro atoms. The number of nitrogens with one attached hydrogen (secondary N) is 2. The van der Waals surface area contributed by atoms with Crippen LogP contribution in [0.15, 0.2) is 0 Å². The fourth-order valence-corrected chi connectivity index (χ4v) is 2.65. The van der Waals surface area contributed by atoms with Crippen LogP contribution in [-0.2, 0) is 4.74 Å². The van der Waals surface area contributed by atoms with Crippen molar-refractivity contribution in [3.8, 4) is 0 Å². The van der Waals surface area contributed by atoms with E-state index < -0.39 is 0 Å². The van der Waals surface area contributed by atoms with Gasteiger partial charge >= 0.3 is 0 Å². The molecule has 1 saturated heterocycles. The molecule has 0 saturated carbocycles. The number of rotatable bonds is 6. The van der Waals surface area contributed by atoms with Gasteiger partial charge < -0.3 is 15.4 Å². The lowest BCUT2D eigenvalue weighted by molar-refractivity contribution is 0.0964. The van der Waals surface area contributed by atoms with Crippen LogP contribution in [0.5, 0.6) is 0 Å². The molecular weight excluding hydrogens is 224 g/mol. The maximum Gasteiger partial charge on any atom is 0.0571 e. The lowest BCUT2D eigenvalue weighted by atomic mass is 10.0. The number of methoxy groups -OCH3 is 1. The maximum absolute atomic E-state index is 5.32. The van der Waals surface area contributed by atoms with Gasteiger partial charge in [0.2, 0.25) is 0 Å². The van der Waals surface area contributed by atoms with Crippen molar-refractivity contribution in [3.05, 3.63) is 0 Å². The molecule has 1 aliphatic heterocycles. The van der Waals surface area contributed by atoms with Crippen LogP contribution in [0, 0.1) is 5.92 Å². The summed E-state index contributed by atoms with van der Waals surface area (Å²) < 4.78 is 5.32. The van der Waals surface area contributed by atoms with Crippen LogP contribution in [0.25, 0.3) is 0 Å². The zero-order valence-electron chi connectivity index (χ0n) is 12.5. The van der Waals surface area contributed by atoms with Gasteiger partial charge in [0.1, 0.15) is 0 Å². The van der Waals surface area contributed by atoms with Crippen LogP contribution in [0.1, 0.15) is 58.8 Å². The van der Waals surface area contributed by atoms with Crippen molar-refractivity contribution < 1.29 is 4.74 Å². The van der Waals surface area contributed by atoms with E-state index in [-0.39, 0.29) is 0 Å². The molecule has 0 amide bonds. The Kier molecular flexibility index (Phi) is 8.64. The van der Waals surface area contributed by atoms with Gasteiger partial charge in [-0.05, 0) is 45.2 Å². The summed E-state index contributed by atoms with van der Waals surface area (Å²) in [5.74, 6) is 0.675. The minimum absolute atomic E-state index is 0.371. The van der Waals surface area contributed by atoms with Crippen molar-refractivity contribution in [2.24, 2.45) is 5.92 Å². The highest BCUT2D eigenvalue weighted by atomic mass is 16.5. The predicted octanol–water partition coefficient (Wildman–Crippen LogP) is 2.91. The Labute approximate surface area is 113 Å². The Morgan fingerprint density at radius 1 is 1.17 bits per heavy atom. The first-order chi connectivity index (χ1) is 8.72. The Bertz CT molecular complexity index is 189. The monoisotopic (exact) mass is 256 g/mol. The minimum atomic E-state index is 0.371. The first-order valence-corrected chi connectivity index (χ1v) is 7.72. The van der Waals surface area contributed by atoms with Crippen molar-refractivity contribution in [1.29, 1.82) is 0 Å². The molecule has 0 aromatic carbocycles. The van der Waals surface area contributed by atoms with Crippen molar-refractivity contribution in [3.63, 3.8) is 0 Å². The molecule has 0 aromatic rings. The molecule has 0 aromatic heterocycles. The first-order valence-electron chi connectivity index (χ1n) is 7.72. The minimum Gasteiger partial charge on any atom is -0.382 e. The largest absolute Gasteiger partial charge is 0.382 e. The van der Waals surface area contributed by atoms with E-state index in [2.05, 4.69) is 24.5 Å². The summed E-state index contributed by atoms with van der Waals surface area (Å²) in [5.41, 5.74) is 0. The molecule has 0 radical (unpaired) electrons. The topological polar surface area (TPSA) is 33.3 Å². The van der Waals surface area contributed by atoms with Crippen molar-refractivity contribution in [2.75, 3.05) is 20.2 Å². The summed E-state index contributed by atoms with van der Waals surface area (Å²) in [7, 11) is 1.80. The lowest BCUT2D eigenvalue weighted by Crippen LogP contribution is -2.44. The van der Waals surface area contributed by atoms with Gasteiger partial charge in [-0.15, -0.1) is 0 Å². The Hall–Kier alpha value is -0.120. The summed E-state index contributed by atoms with van der Waals surface area (Å²) >= 11 is 0. The molecule has 0 aliphatic carbocycles. The van der Waals surface area contributed by atoms with Crippen LogP contribution >= 0.6 is 0 Å². The fraction of sp³-hybridized carbons (Fsp3) is 1.00. The summed E-state index contributed by atoms with van der Waals surface area (Å²) in [6.07, 6.45) is 10.2. The van der Waals surface area contributed by atoms with E-state index >= 15 is 0 Å².